The molecular weight excluding hydrogens is 292 g/mol. The summed E-state index contributed by atoms with van der Waals surface area (Å²) in [5.41, 5.74) is 5.14. The highest BCUT2D eigenvalue weighted by atomic mass is 32.1. The van der Waals surface area contributed by atoms with Gasteiger partial charge >= 0.3 is 0 Å². The maximum Gasteiger partial charge on any atom is 0.273 e. The molecule has 22 heavy (non-hydrogen) atoms. The summed E-state index contributed by atoms with van der Waals surface area (Å²) in [6.45, 7) is 3.92. The molecule has 1 fully saturated rings. The molecule has 116 valence electrons. The molecule has 1 aliphatic heterocycles. The first-order valence-electron chi connectivity index (χ1n) is 7.96. The summed E-state index contributed by atoms with van der Waals surface area (Å²) < 4.78 is 0. The Morgan fingerprint density at radius 3 is 3.05 bits per heavy atom. The van der Waals surface area contributed by atoms with E-state index in [1.54, 1.807) is 5.51 Å². The van der Waals surface area contributed by atoms with Crippen LogP contribution in [0.4, 0.5) is 0 Å². The van der Waals surface area contributed by atoms with Gasteiger partial charge in [-0.1, -0.05) is 24.3 Å². The normalized spacial score (nSPS) is 18.4. The number of thiazole rings is 1. The van der Waals surface area contributed by atoms with Crippen LogP contribution in [-0.4, -0.2) is 28.9 Å². The lowest BCUT2D eigenvalue weighted by Crippen LogP contribution is -2.40. The van der Waals surface area contributed by atoms with Gasteiger partial charge in [-0.05, 0) is 49.7 Å². The largest absolute Gasteiger partial charge is 0.337 e. The van der Waals surface area contributed by atoms with Gasteiger partial charge in [0.25, 0.3) is 5.91 Å². The zero-order chi connectivity index (χ0) is 15.4. The zero-order valence-corrected chi connectivity index (χ0v) is 13.8. The molecule has 1 aromatic carbocycles. The van der Waals surface area contributed by atoms with Crippen LogP contribution in [0.1, 0.15) is 40.9 Å². The van der Waals surface area contributed by atoms with E-state index in [9.17, 15) is 4.79 Å². The first kappa shape index (κ1) is 15.2. The maximum atomic E-state index is 12.4. The van der Waals surface area contributed by atoms with Crippen LogP contribution in [0.25, 0.3) is 0 Å². The number of benzene rings is 1. The van der Waals surface area contributed by atoms with Crippen molar-refractivity contribution < 1.29 is 4.79 Å². The van der Waals surface area contributed by atoms with E-state index >= 15 is 0 Å². The van der Waals surface area contributed by atoms with E-state index in [0.717, 1.165) is 32.4 Å². The van der Waals surface area contributed by atoms with Gasteiger partial charge in [0.15, 0.2) is 0 Å². The van der Waals surface area contributed by atoms with E-state index in [1.807, 2.05) is 10.3 Å². The van der Waals surface area contributed by atoms with Crippen LogP contribution >= 0.6 is 11.3 Å². The van der Waals surface area contributed by atoms with Crippen LogP contribution < -0.4 is 0 Å². The molecule has 0 radical (unpaired) electrons. The Balaban J connectivity index is 1.57. The number of piperidine rings is 1. The highest BCUT2D eigenvalue weighted by molar-refractivity contribution is 7.07. The van der Waals surface area contributed by atoms with Gasteiger partial charge in [0, 0.05) is 18.5 Å². The van der Waals surface area contributed by atoms with Crippen molar-refractivity contribution in [1.82, 2.24) is 9.88 Å². The number of hydrogen-bond acceptors (Lipinski definition) is 3. The molecule has 1 atom stereocenters. The highest BCUT2D eigenvalue weighted by Crippen LogP contribution is 2.23. The lowest BCUT2D eigenvalue weighted by molar-refractivity contribution is 0.0663. The first-order chi connectivity index (χ1) is 10.7. The molecule has 3 rings (SSSR count). The summed E-state index contributed by atoms with van der Waals surface area (Å²) in [6.07, 6.45) is 4.60. The van der Waals surface area contributed by atoms with Crippen LogP contribution in [0, 0.1) is 12.8 Å². The Bertz CT molecular complexity index is 624. The van der Waals surface area contributed by atoms with E-state index in [1.165, 1.54) is 28.9 Å². The van der Waals surface area contributed by atoms with Gasteiger partial charge < -0.3 is 4.90 Å². The fraction of sp³-hybridized carbons (Fsp3) is 0.444. The van der Waals surface area contributed by atoms with E-state index in [0.29, 0.717) is 11.6 Å². The van der Waals surface area contributed by atoms with Gasteiger partial charge in [0.05, 0.1) is 5.51 Å². The third kappa shape index (κ3) is 3.55. The summed E-state index contributed by atoms with van der Waals surface area (Å²) in [5.74, 6) is 0.706. The van der Waals surface area contributed by atoms with Crippen molar-refractivity contribution in [3.63, 3.8) is 0 Å². The second-order valence-corrected chi connectivity index (χ2v) is 6.82. The summed E-state index contributed by atoms with van der Waals surface area (Å²) in [7, 11) is 0. The van der Waals surface area contributed by atoms with E-state index < -0.39 is 0 Å². The van der Waals surface area contributed by atoms with Crippen molar-refractivity contribution in [2.45, 2.75) is 32.6 Å². The van der Waals surface area contributed by atoms with Crippen molar-refractivity contribution >= 4 is 17.2 Å². The minimum atomic E-state index is 0.0989. The smallest absolute Gasteiger partial charge is 0.273 e. The zero-order valence-electron chi connectivity index (χ0n) is 13.0. The van der Waals surface area contributed by atoms with Crippen LogP contribution in [0.3, 0.4) is 0 Å². The Morgan fingerprint density at radius 1 is 1.41 bits per heavy atom. The van der Waals surface area contributed by atoms with Gasteiger partial charge in [-0.15, -0.1) is 11.3 Å². The van der Waals surface area contributed by atoms with E-state index in [-0.39, 0.29) is 5.91 Å². The molecular formula is C18H22N2OS. The second kappa shape index (κ2) is 7.05. The fourth-order valence-electron chi connectivity index (χ4n) is 3.22. The molecule has 1 aromatic heterocycles. The predicted octanol–water partition coefficient (Wildman–Crippen LogP) is 3.94. The van der Waals surface area contributed by atoms with Crippen molar-refractivity contribution in [3.8, 4) is 0 Å². The summed E-state index contributed by atoms with van der Waals surface area (Å²) in [6, 6.07) is 8.60. The molecule has 1 unspecified atom stereocenters. The van der Waals surface area contributed by atoms with E-state index in [2.05, 4.69) is 36.2 Å². The van der Waals surface area contributed by atoms with Gasteiger partial charge in [-0.25, -0.2) is 4.98 Å². The molecule has 1 amide bonds. The Labute approximate surface area is 136 Å². The molecule has 0 spiro atoms. The lowest BCUT2D eigenvalue weighted by Gasteiger charge is -2.32. The van der Waals surface area contributed by atoms with Crippen LogP contribution in [0.5, 0.6) is 0 Å². The number of carbonyl (C=O) groups is 1. The lowest BCUT2D eigenvalue weighted by atomic mass is 9.90. The number of aryl methyl sites for hydroxylation is 2. The standard InChI is InChI=1S/C18H22N2OS/c1-14-5-2-3-7-16(14)9-8-15-6-4-10-20(11-15)18(21)17-12-22-13-19-17/h2-3,5,7,12-13,15H,4,6,8-11H2,1H3. The minimum Gasteiger partial charge on any atom is -0.337 e. The molecule has 0 aliphatic carbocycles. The van der Waals surface area contributed by atoms with Crippen molar-refractivity contribution in [3.05, 3.63) is 52.0 Å². The van der Waals surface area contributed by atoms with E-state index in [4.69, 9.17) is 0 Å². The quantitative estimate of drug-likeness (QED) is 0.856. The Hall–Kier alpha value is -1.68. The monoisotopic (exact) mass is 314 g/mol. The summed E-state index contributed by atoms with van der Waals surface area (Å²) in [4.78, 5) is 18.5. The molecule has 1 saturated heterocycles. The number of aromatic nitrogens is 1. The number of likely N-dealkylation sites (tertiary alicyclic amines) is 1. The third-order valence-corrected chi connectivity index (χ3v) is 5.13. The minimum absolute atomic E-state index is 0.0989. The molecule has 2 aromatic rings. The average Bonchev–Trinajstić information content (AvgIpc) is 3.08. The SMILES string of the molecule is Cc1ccccc1CCC1CCCN(C(=O)c2cscn2)C1. The molecule has 0 bridgehead atoms. The van der Waals surface area contributed by atoms with Gasteiger partial charge in [0.1, 0.15) is 5.69 Å². The third-order valence-electron chi connectivity index (χ3n) is 4.54. The topological polar surface area (TPSA) is 33.2 Å². The van der Waals surface area contributed by atoms with Crippen LogP contribution in [0.15, 0.2) is 35.2 Å². The number of nitrogens with zero attached hydrogens (tertiary/aromatic N) is 2. The molecule has 1 aliphatic rings. The van der Waals surface area contributed by atoms with Crippen LogP contribution in [-0.2, 0) is 6.42 Å². The maximum absolute atomic E-state index is 12.4. The Kier molecular flexibility index (Phi) is 4.88. The number of amides is 1. The number of rotatable bonds is 4. The molecule has 4 heteroatoms. The molecule has 2 heterocycles. The second-order valence-electron chi connectivity index (χ2n) is 6.10. The number of carbonyl (C=O) groups excluding carboxylic acids is 1. The number of hydrogen-bond donors (Lipinski definition) is 0. The van der Waals surface area contributed by atoms with Gasteiger partial charge in [-0.3, -0.25) is 4.79 Å². The Morgan fingerprint density at radius 2 is 2.27 bits per heavy atom. The fourth-order valence-corrected chi connectivity index (χ4v) is 3.74. The summed E-state index contributed by atoms with van der Waals surface area (Å²) >= 11 is 1.48. The predicted molar refractivity (Wildman–Crippen MR) is 90.2 cm³/mol. The average molecular weight is 314 g/mol. The first-order valence-corrected chi connectivity index (χ1v) is 8.90. The van der Waals surface area contributed by atoms with Crippen molar-refractivity contribution in [2.24, 2.45) is 5.92 Å². The van der Waals surface area contributed by atoms with Crippen molar-refractivity contribution in [1.29, 1.82) is 0 Å². The molecule has 3 nitrogen and oxygen atoms in total. The van der Waals surface area contributed by atoms with Crippen molar-refractivity contribution in [2.75, 3.05) is 13.1 Å². The van der Waals surface area contributed by atoms with Crippen LogP contribution in [0.2, 0.25) is 0 Å². The van der Waals surface area contributed by atoms with Gasteiger partial charge in [0.2, 0.25) is 0 Å². The molecule has 0 N–H and O–H groups in total. The summed E-state index contributed by atoms with van der Waals surface area (Å²) in [5, 5.41) is 1.85. The van der Waals surface area contributed by atoms with Gasteiger partial charge in [-0.2, -0.15) is 0 Å². The molecule has 0 saturated carbocycles. The highest BCUT2D eigenvalue weighted by Gasteiger charge is 2.25.